The maximum absolute atomic E-state index is 8.91. The molecule has 0 fully saturated rings. The molecule has 0 aliphatic carbocycles. The Labute approximate surface area is 89.1 Å². The maximum atomic E-state index is 8.91. The zero-order chi connectivity index (χ0) is 10.7. The molecule has 76 valence electrons. The lowest BCUT2D eigenvalue weighted by Crippen LogP contribution is -2.29. The molecule has 0 amide bonds. The Bertz CT molecular complexity index is 318. The largest absolute Gasteiger partial charge is 0.488 e. The predicted molar refractivity (Wildman–Crippen MR) is 58.7 cm³/mol. The molecule has 0 bridgehead atoms. The van der Waals surface area contributed by atoms with Gasteiger partial charge in [0.2, 0.25) is 0 Å². The van der Waals surface area contributed by atoms with E-state index in [1.807, 2.05) is 19.0 Å². The Morgan fingerprint density at radius 2 is 2.00 bits per heavy atom. The summed E-state index contributed by atoms with van der Waals surface area (Å²) in [5.41, 5.74) is 1.39. The molecule has 1 rings (SSSR count). The van der Waals surface area contributed by atoms with E-state index in [9.17, 15) is 0 Å². The highest BCUT2D eigenvalue weighted by Gasteiger charge is 2.12. The van der Waals surface area contributed by atoms with E-state index in [1.54, 1.807) is 18.2 Å². The molecule has 0 saturated heterocycles. The van der Waals surface area contributed by atoms with Crippen LogP contribution in [-0.2, 0) is 6.54 Å². The van der Waals surface area contributed by atoms with Crippen LogP contribution < -0.4 is 5.46 Å². The molecule has 0 aliphatic rings. The standard InChI is InChI=1S/C9H13BClNO2/c1-12(2)6-7-3-4-8(10(13)14)5-9(7)11/h3-5,13-14H,6H2,1-2H3. The first-order chi connectivity index (χ1) is 6.50. The molecule has 0 radical (unpaired) electrons. The zero-order valence-corrected chi connectivity index (χ0v) is 8.99. The second-order valence-corrected chi connectivity index (χ2v) is 3.87. The van der Waals surface area contributed by atoms with Gasteiger partial charge in [0.1, 0.15) is 0 Å². The number of halogens is 1. The van der Waals surface area contributed by atoms with Gasteiger partial charge >= 0.3 is 7.12 Å². The minimum Gasteiger partial charge on any atom is -0.423 e. The molecule has 1 aromatic carbocycles. The van der Waals surface area contributed by atoms with E-state index in [1.165, 1.54) is 0 Å². The summed E-state index contributed by atoms with van der Waals surface area (Å²) in [6.07, 6.45) is 0. The second-order valence-electron chi connectivity index (χ2n) is 3.46. The van der Waals surface area contributed by atoms with Gasteiger partial charge in [-0.25, -0.2) is 0 Å². The monoisotopic (exact) mass is 213 g/mol. The van der Waals surface area contributed by atoms with E-state index in [4.69, 9.17) is 21.6 Å². The van der Waals surface area contributed by atoms with Gasteiger partial charge in [-0.15, -0.1) is 0 Å². The number of benzene rings is 1. The third-order valence-electron chi connectivity index (χ3n) is 1.86. The van der Waals surface area contributed by atoms with E-state index in [2.05, 4.69) is 0 Å². The van der Waals surface area contributed by atoms with Crippen LogP contribution >= 0.6 is 11.6 Å². The van der Waals surface area contributed by atoms with Crippen molar-refractivity contribution in [1.82, 2.24) is 4.90 Å². The molecule has 0 saturated carbocycles. The van der Waals surface area contributed by atoms with E-state index in [0.29, 0.717) is 10.5 Å². The number of hydrogen-bond donors (Lipinski definition) is 2. The lowest BCUT2D eigenvalue weighted by atomic mass is 9.80. The Morgan fingerprint density at radius 1 is 1.36 bits per heavy atom. The fraction of sp³-hybridized carbons (Fsp3) is 0.333. The van der Waals surface area contributed by atoms with Crippen molar-refractivity contribution in [3.8, 4) is 0 Å². The highest BCUT2D eigenvalue weighted by atomic mass is 35.5. The number of hydrogen-bond acceptors (Lipinski definition) is 3. The molecular formula is C9H13BClNO2. The summed E-state index contributed by atoms with van der Waals surface area (Å²) in [6.45, 7) is 0.737. The van der Waals surface area contributed by atoms with Crippen molar-refractivity contribution in [2.75, 3.05) is 14.1 Å². The predicted octanol–water partition coefficient (Wildman–Crippen LogP) is 0.0814. The van der Waals surface area contributed by atoms with Crippen molar-refractivity contribution in [2.24, 2.45) is 0 Å². The van der Waals surface area contributed by atoms with Crippen LogP contribution in [0.5, 0.6) is 0 Å². The molecule has 0 aliphatic heterocycles. The molecule has 0 aromatic heterocycles. The average Bonchev–Trinajstić information content (AvgIpc) is 2.07. The molecule has 0 unspecified atom stereocenters. The van der Waals surface area contributed by atoms with Gasteiger partial charge in [0, 0.05) is 11.6 Å². The molecule has 1 aromatic rings. The molecule has 14 heavy (non-hydrogen) atoms. The van der Waals surface area contributed by atoms with Crippen LogP contribution in [0.15, 0.2) is 18.2 Å². The Kier molecular flexibility index (Phi) is 3.95. The van der Waals surface area contributed by atoms with Gasteiger partial charge in [-0.2, -0.15) is 0 Å². The molecule has 5 heteroatoms. The first kappa shape index (κ1) is 11.5. The second kappa shape index (κ2) is 4.80. The van der Waals surface area contributed by atoms with Gasteiger partial charge in [-0.1, -0.05) is 23.7 Å². The Balaban J connectivity index is 2.90. The van der Waals surface area contributed by atoms with Crippen molar-refractivity contribution >= 4 is 24.2 Å². The summed E-state index contributed by atoms with van der Waals surface area (Å²) < 4.78 is 0. The summed E-state index contributed by atoms with van der Waals surface area (Å²) in [4.78, 5) is 2.00. The molecule has 2 N–H and O–H groups in total. The molecule has 0 atom stereocenters. The van der Waals surface area contributed by atoms with E-state index in [-0.39, 0.29) is 0 Å². The Morgan fingerprint density at radius 3 is 2.43 bits per heavy atom. The van der Waals surface area contributed by atoms with Gasteiger partial charge < -0.3 is 14.9 Å². The summed E-state index contributed by atoms with van der Waals surface area (Å²) in [6, 6.07) is 5.04. The van der Waals surface area contributed by atoms with Crippen LogP contribution in [0.3, 0.4) is 0 Å². The van der Waals surface area contributed by atoms with E-state index in [0.717, 1.165) is 12.1 Å². The average molecular weight is 213 g/mol. The Hall–Kier alpha value is -0.545. The zero-order valence-electron chi connectivity index (χ0n) is 8.24. The first-order valence-corrected chi connectivity index (χ1v) is 4.67. The minimum atomic E-state index is -1.46. The van der Waals surface area contributed by atoms with Crippen molar-refractivity contribution in [3.05, 3.63) is 28.8 Å². The van der Waals surface area contributed by atoms with Gasteiger partial charge in [0.15, 0.2) is 0 Å². The summed E-state index contributed by atoms with van der Waals surface area (Å²) in [5, 5.41) is 18.4. The number of nitrogens with zero attached hydrogens (tertiary/aromatic N) is 1. The minimum absolute atomic E-state index is 0.414. The lowest BCUT2D eigenvalue weighted by Gasteiger charge is -2.11. The van der Waals surface area contributed by atoms with Gasteiger partial charge in [-0.3, -0.25) is 0 Å². The van der Waals surface area contributed by atoms with Crippen molar-refractivity contribution < 1.29 is 10.0 Å². The quantitative estimate of drug-likeness (QED) is 0.699. The van der Waals surface area contributed by atoms with E-state index < -0.39 is 7.12 Å². The summed E-state index contributed by atoms with van der Waals surface area (Å²) >= 11 is 5.97. The molecular weight excluding hydrogens is 200 g/mol. The number of rotatable bonds is 3. The van der Waals surface area contributed by atoms with Gasteiger partial charge in [0.05, 0.1) is 0 Å². The van der Waals surface area contributed by atoms with Crippen LogP contribution in [0.4, 0.5) is 0 Å². The van der Waals surface area contributed by atoms with Crippen LogP contribution in [0.25, 0.3) is 0 Å². The first-order valence-electron chi connectivity index (χ1n) is 4.30. The van der Waals surface area contributed by atoms with Crippen LogP contribution in [-0.4, -0.2) is 36.2 Å². The van der Waals surface area contributed by atoms with Crippen LogP contribution in [0, 0.1) is 0 Å². The molecule has 3 nitrogen and oxygen atoms in total. The summed E-state index contributed by atoms with van der Waals surface area (Å²) in [7, 11) is 2.44. The third-order valence-corrected chi connectivity index (χ3v) is 2.21. The fourth-order valence-corrected chi connectivity index (χ4v) is 1.44. The SMILES string of the molecule is CN(C)Cc1ccc(B(O)O)cc1Cl. The third kappa shape index (κ3) is 2.99. The maximum Gasteiger partial charge on any atom is 0.488 e. The normalized spacial score (nSPS) is 10.7. The highest BCUT2D eigenvalue weighted by Crippen LogP contribution is 2.15. The summed E-state index contributed by atoms with van der Waals surface area (Å²) in [5.74, 6) is 0. The van der Waals surface area contributed by atoms with Gasteiger partial charge in [0.25, 0.3) is 0 Å². The van der Waals surface area contributed by atoms with E-state index >= 15 is 0 Å². The highest BCUT2D eigenvalue weighted by molar-refractivity contribution is 6.59. The smallest absolute Gasteiger partial charge is 0.423 e. The fourth-order valence-electron chi connectivity index (χ4n) is 1.19. The van der Waals surface area contributed by atoms with Crippen LogP contribution in [0.2, 0.25) is 5.02 Å². The van der Waals surface area contributed by atoms with Crippen molar-refractivity contribution in [1.29, 1.82) is 0 Å². The molecule has 0 spiro atoms. The van der Waals surface area contributed by atoms with Crippen molar-refractivity contribution in [2.45, 2.75) is 6.54 Å². The lowest BCUT2D eigenvalue weighted by molar-refractivity contribution is 0.402. The topological polar surface area (TPSA) is 43.7 Å². The van der Waals surface area contributed by atoms with Crippen molar-refractivity contribution in [3.63, 3.8) is 0 Å². The van der Waals surface area contributed by atoms with Crippen LogP contribution in [0.1, 0.15) is 5.56 Å². The van der Waals surface area contributed by atoms with Gasteiger partial charge in [-0.05, 0) is 31.2 Å². The molecule has 0 heterocycles.